The molecule has 0 aliphatic carbocycles. The number of rotatable bonds is 4. The molecule has 21 heavy (non-hydrogen) atoms. The van der Waals surface area contributed by atoms with Crippen LogP contribution >= 0.6 is 0 Å². The minimum Gasteiger partial charge on any atom is -0.409 e. The van der Waals surface area contributed by atoms with Crippen molar-refractivity contribution >= 4 is 11.7 Å². The lowest BCUT2D eigenvalue weighted by molar-refractivity contribution is 0.0945. The monoisotopic (exact) mass is 287 g/mol. The zero-order valence-corrected chi connectivity index (χ0v) is 11.0. The topological polar surface area (TPSA) is 87.7 Å². The Balaban J connectivity index is 2.26. The molecule has 1 amide bonds. The first-order valence-electron chi connectivity index (χ1n) is 6.20. The number of nitrogens with two attached hydrogens (primary N) is 1. The molecular formula is C15H14FN3O2. The van der Waals surface area contributed by atoms with Gasteiger partial charge >= 0.3 is 0 Å². The lowest BCUT2D eigenvalue weighted by atomic mass is 10.1. The van der Waals surface area contributed by atoms with Gasteiger partial charge in [0.25, 0.3) is 5.91 Å². The third kappa shape index (κ3) is 3.56. The van der Waals surface area contributed by atoms with Gasteiger partial charge in [-0.2, -0.15) is 0 Å². The summed E-state index contributed by atoms with van der Waals surface area (Å²) in [5, 5.41) is 14.4. The van der Waals surface area contributed by atoms with E-state index >= 15 is 0 Å². The molecule has 1 atom stereocenters. The molecular weight excluding hydrogens is 273 g/mol. The van der Waals surface area contributed by atoms with Gasteiger partial charge in [0.2, 0.25) is 0 Å². The molecule has 0 fully saturated rings. The second-order valence-corrected chi connectivity index (χ2v) is 4.35. The lowest BCUT2D eigenvalue weighted by Crippen LogP contribution is -2.37. The molecule has 2 rings (SSSR count). The Morgan fingerprint density at radius 3 is 2.52 bits per heavy atom. The van der Waals surface area contributed by atoms with Crippen LogP contribution in [0.2, 0.25) is 0 Å². The molecule has 0 saturated carbocycles. The Morgan fingerprint density at radius 1 is 1.19 bits per heavy atom. The molecule has 108 valence electrons. The van der Waals surface area contributed by atoms with E-state index in [2.05, 4.69) is 10.5 Å². The first-order valence-corrected chi connectivity index (χ1v) is 6.20. The van der Waals surface area contributed by atoms with Crippen molar-refractivity contribution in [3.8, 4) is 0 Å². The van der Waals surface area contributed by atoms with Crippen LogP contribution in [0.25, 0.3) is 0 Å². The predicted octanol–water partition coefficient (Wildman–Crippen LogP) is 2.04. The Bertz CT molecular complexity index is 659. The van der Waals surface area contributed by atoms with Crippen molar-refractivity contribution < 1.29 is 14.4 Å². The van der Waals surface area contributed by atoms with E-state index in [9.17, 15) is 9.18 Å². The van der Waals surface area contributed by atoms with Crippen molar-refractivity contribution in [3.05, 3.63) is 71.5 Å². The van der Waals surface area contributed by atoms with Gasteiger partial charge < -0.3 is 16.3 Å². The number of oxime groups is 1. The second kappa shape index (κ2) is 6.51. The molecule has 0 aliphatic heterocycles. The van der Waals surface area contributed by atoms with Gasteiger partial charge in [-0.05, 0) is 23.8 Å². The van der Waals surface area contributed by atoms with E-state index in [-0.39, 0.29) is 11.4 Å². The molecule has 0 bridgehead atoms. The Labute approximate surface area is 120 Å². The standard InChI is InChI=1S/C15H14FN3O2/c16-12-8-4-7-11(9-12)15(20)18-13(14(17)19-21)10-5-2-1-3-6-10/h1-9,13,21H,(H2,17,19)(H,18,20). The fourth-order valence-electron chi connectivity index (χ4n) is 1.88. The first-order chi connectivity index (χ1) is 10.1. The number of hydrogen-bond acceptors (Lipinski definition) is 3. The number of amides is 1. The van der Waals surface area contributed by atoms with E-state index in [1.807, 2.05) is 0 Å². The Morgan fingerprint density at radius 2 is 1.90 bits per heavy atom. The molecule has 2 aromatic rings. The van der Waals surface area contributed by atoms with Crippen LogP contribution in [0, 0.1) is 5.82 Å². The van der Waals surface area contributed by atoms with Gasteiger partial charge in [-0.3, -0.25) is 4.79 Å². The Kier molecular flexibility index (Phi) is 4.50. The largest absolute Gasteiger partial charge is 0.409 e. The van der Waals surface area contributed by atoms with E-state index < -0.39 is 17.8 Å². The molecule has 1 unspecified atom stereocenters. The van der Waals surface area contributed by atoms with Crippen LogP contribution in [-0.4, -0.2) is 17.0 Å². The molecule has 0 heterocycles. The number of carbonyl (C=O) groups excluding carboxylic acids is 1. The lowest BCUT2D eigenvalue weighted by Gasteiger charge is -2.17. The van der Waals surface area contributed by atoms with E-state index in [0.29, 0.717) is 5.56 Å². The molecule has 0 saturated heterocycles. The van der Waals surface area contributed by atoms with Crippen LogP contribution in [0.4, 0.5) is 4.39 Å². The van der Waals surface area contributed by atoms with Crippen LogP contribution in [0.3, 0.4) is 0 Å². The zero-order valence-electron chi connectivity index (χ0n) is 11.0. The van der Waals surface area contributed by atoms with Gasteiger partial charge in [0.05, 0.1) is 0 Å². The average Bonchev–Trinajstić information content (AvgIpc) is 2.52. The summed E-state index contributed by atoms with van der Waals surface area (Å²) >= 11 is 0. The van der Waals surface area contributed by atoms with Crippen molar-refractivity contribution in [2.24, 2.45) is 10.9 Å². The maximum absolute atomic E-state index is 13.1. The van der Waals surface area contributed by atoms with E-state index in [0.717, 1.165) is 6.07 Å². The fraction of sp³-hybridized carbons (Fsp3) is 0.0667. The number of benzene rings is 2. The Hall–Kier alpha value is -2.89. The highest BCUT2D eigenvalue weighted by Crippen LogP contribution is 2.14. The highest BCUT2D eigenvalue weighted by Gasteiger charge is 2.20. The minimum atomic E-state index is -0.799. The number of nitrogens with one attached hydrogen (secondary N) is 1. The summed E-state index contributed by atoms with van der Waals surface area (Å²) in [5.41, 5.74) is 6.42. The molecule has 0 radical (unpaired) electrons. The molecule has 0 aliphatic rings. The number of carbonyl (C=O) groups is 1. The van der Waals surface area contributed by atoms with Crippen molar-refractivity contribution in [3.63, 3.8) is 0 Å². The van der Waals surface area contributed by atoms with E-state index in [1.54, 1.807) is 30.3 Å². The number of hydrogen-bond donors (Lipinski definition) is 3. The summed E-state index contributed by atoms with van der Waals surface area (Å²) < 4.78 is 13.1. The summed E-state index contributed by atoms with van der Waals surface area (Å²) in [6.07, 6.45) is 0. The smallest absolute Gasteiger partial charge is 0.252 e. The van der Waals surface area contributed by atoms with Gasteiger partial charge in [-0.25, -0.2) is 4.39 Å². The molecule has 0 spiro atoms. The zero-order chi connectivity index (χ0) is 15.2. The molecule has 4 N–H and O–H groups in total. The third-order valence-corrected chi connectivity index (χ3v) is 2.91. The quantitative estimate of drug-likeness (QED) is 0.348. The average molecular weight is 287 g/mol. The highest BCUT2D eigenvalue weighted by molar-refractivity contribution is 5.98. The van der Waals surface area contributed by atoms with E-state index in [4.69, 9.17) is 10.9 Å². The molecule has 0 aromatic heterocycles. The first kappa shape index (κ1) is 14.5. The third-order valence-electron chi connectivity index (χ3n) is 2.91. The van der Waals surface area contributed by atoms with Crippen LogP contribution in [0.15, 0.2) is 59.8 Å². The van der Waals surface area contributed by atoms with Gasteiger partial charge in [0.1, 0.15) is 11.9 Å². The summed E-state index contributed by atoms with van der Waals surface area (Å²) in [7, 11) is 0. The van der Waals surface area contributed by atoms with Gasteiger partial charge in [-0.15, -0.1) is 0 Å². The normalized spacial score (nSPS) is 12.7. The van der Waals surface area contributed by atoms with Crippen molar-refractivity contribution in [1.82, 2.24) is 5.32 Å². The SMILES string of the molecule is N/C(=N\O)C(NC(=O)c1cccc(F)c1)c1ccccc1. The van der Waals surface area contributed by atoms with Crippen LogP contribution in [0.1, 0.15) is 22.0 Å². The summed E-state index contributed by atoms with van der Waals surface area (Å²) in [6.45, 7) is 0. The molecule has 6 heteroatoms. The maximum Gasteiger partial charge on any atom is 0.252 e. The van der Waals surface area contributed by atoms with Crippen molar-refractivity contribution in [1.29, 1.82) is 0 Å². The van der Waals surface area contributed by atoms with Crippen LogP contribution < -0.4 is 11.1 Å². The summed E-state index contributed by atoms with van der Waals surface area (Å²) in [4.78, 5) is 12.1. The molecule has 2 aromatic carbocycles. The van der Waals surface area contributed by atoms with E-state index in [1.165, 1.54) is 18.2 Å². The van der Waals surface area contributed by atoms with Gasteiger partial charge in [0.15, 0.2) is 5.84 Å². The van der Waals surface area contributed by atoms with Crippen molar-refractivity contribution in [2.75, 3.05) is 0 Å². The summed E-state index contributed by atoms with van der Waals surface area (Å²) in [6, 6.07) is 13.3. The second-order valence-electron chi connectivity index (χ2n) is 4.35. The molecule has 5 nitrogen and oxygen atoms in total. The van der Waals surface area contributed by atoms with Crippen LogP contribution in [0.5, 0.6) is 0 Å². The number of halogens is 1. The minimum absolute atomic E-state index is 0.154. The summed E-state index contributed by atoms with van der Waals surface area (Å²) in [5.74, 6) is -1.19. The van der Waals surface area contributed by atoms with Crippen molar-refractivity contribution in [2.45, 2.75) is 6.04 Å². The predicted molar refractivity (Wildman–Crippen MR) is 76.5 cm³/mol. The van der Waals surface area contributed by atoms with Crippen LogP contribution in [-0.2, 0) is 0 Å². The fourth-order valence-corrected chi connectivity index (χ4v) is 1.88. The highest BCUT2D eigenvalue weighted by atomic mass is 19.1. The maximum atomic E-state index is 13.1. The van der Waals surface area contributed by atoms with Gasteiger partial charge in [0, 0.05) is 5.56 Å². The number of amidine groups is 1. The van der Waals surface area contributed by atoms with Gasteiger partial charge in [-0.1, -0.05) is 41.6 Å². The number of nitrogens with zero attached hydrogens (tertiary/aromatic N) is 1.